The van der Waals surface area contributed by atoms with Gasteiger partial charge < -0.3 is 4.74 Å². The molecule has 0 bridgehead atoms. The standard InChI is InChI=1S/C14H16O3S/c1-9(15)11-4-5-13-12(6-11)14(3,8-18-13)7-17-10(2)16/h4-6H,7-8H2,1-3H3. The molecule has 0 aromatic heterocycles. The van der Waals surface area contributed by atoms with Gasteiger partial charge in [-0.2, -0.15) is 0 Å². The van der Waals surface area contributed by atoms with E-state index in [4.69, 9.17) is 4.74 Å². The highest BCUT2D eigenvalue weighted by Crippen LogP contribution is 2.44. The maximum atomic E-state index is 11.4. The summed E-state index contributed by atoms with van der Waals surface area (Å²) in [5, 5.41) is 0. The van der Waals surface area contributed by atoms with Gasteiger partial charge in [-0.25, -0.2) is 0 Å². The van der Waals surface area contributed by atoms with Gasteiger partial charge in [-0.3, -0.25) is 9.59 Å². The summed E-state index contributed by atoms with van der Waals surface area (Å²) in [5.74, 6) is 0.665. The Kier molecular flexibility index (Phi) is 3.48. The van der Waals surface area contributed by atoms with Crippen LogP contribution in [0.2, 0.25) is 0 Å². The van der Waals surface area contributed by atoms with Crippen molar-refractivity contribution in [2.45, 2.75) is 31.1 Å². The minimum Gasteiger partial charge on any atom is -0.465 e. The third-order valence-corrected chi connectivity index (χ3v) is 4.63. The third-order valence-electron chi connectivity index (χ3n) is 3.18. The zero-order chi connectivity index (χ0) is 13.3. The van der Waals surface area contributed by atoms with Crippen molar-refractivity contribution in [1.29, 1.82) is 0 Å². The van der Waals surface area contributed by atoms with Crippen LogP contribution in [0.5, 0.6) is 0 Å². The minimum absolute atomic E-state index is 0.0598. The Hall–Kier alpha value is -1.29. The van der Waals surface area contributed by atoms with Gasteiger partial charge >= 0.3 is 5.97 Å². The molecule has 4 heteroatoms. The lowest BCUT2D eigenvalue weighted by Crippen LogP contribution is -2.29. The number of hydrogen-bond acceptors (Lipinski definition) is 4. The zero-order valence-electron chi connectivity index (χ0n) is 10.8. The normalized spacial score (nSPS) is 21.5. The van der Waals surface area contributed by atoms with Crippen molar-refractivity contribution in [3.05, 3.63) is 29.3 Å². The van der Waals surface area contributed by atoms with Crippen LogP contribution in [0.15, 0.2) is 23.1 Å². The third kappa shape index (κ3) is 2.43. The molecule has 0 saturated heterocycles. The molecule has 18 heavy (non-hydrogen) atoms. The first-order valence-electron chi connectivity index (χ1n) is 5.84. The van der Waals surface area contributed by atoms with Gasteiger partial charge in [-0.15, -0.1) is 11.8 Å². The minimum atomic E-state index is -0.266. The summed E-state index contributed by atoms with van der Waals surface area (Å²) in [6.07, 6.45) is 0. The average Bonchev–Trinajstić information content (AvgIpc) is 2.65. The van der Waals surface area contributed by atoms with Crippen LogP contribution >= 0.6 is 11.8 Å². The molecular formula is C14H16O3S. The largest absolute Gasteiger partial charge is 0.465 e. The predicted octanol–water partition coefficient (Wildman–Crippen LogP) is 2.82. The van der Waals surface area contributed by atoms with Crippen molar-refractivity contribution in [2.75, 3.05) is 12.4 Å². The van der Waals surface area contributed by atoms with Crippen LogP contribution in [0.1, 0.15) is 36.7 Å². The van der Waals surface area contributed by atoms with Crippen molar-refractivity contribution in [2.24, 2.45) is 0 Å². The van der Waals surface area contributed by atoms with Crippen LogP contribution in [-0.2, 0) is 14.9 Å². The van der Waals surface area contributed by atoms with Gasteiger partial charge in [-0.05, 0) is 24.6 Å². The highest BCUT2D eigenvalue weighted by molar-refractivity contribution is 7.99. The number of ketones is 1. The summed E-state index contributed by atoms with van der Waals surface area (Å²) in [6, 6.07) is 5.77. The molecule has 1 aliphatic heterocycles. The van der Waals surface area contributed by atoms with E-state index in [0.717, 1.165) is 11.3 Å². The maximum absolute atomic E-state index is 11.4. The number of carbonyl (C=O) groups excluding carboxylic acids is 2. The Bertz CT molecular complexity index is 510. The highest BCUT2D eigenvalue weighted by Gasteiger charge is 2.36. The van der Waals surface area contributed by atoms with Crippen molar-refractivity contribution in [3.8, 4) is 0 Å². The number of carbonyl (C=O) groups is 2. The van der Waals surface area contributed by atoms with Crippen LogP contribution in [0.4, 0.5) is 0 Å². The van der Waals surface area contributed by atoms with Gasteiger partial charge in [0.2, 0.25) is 0 Å². The summed E-state index contributed by atoms with van der Waals surface area (Å²) in [7, 11) is 0. The molecule has 1 aromatic carbocycles. The summed E-state index contributed by atoms with van der Waals surface area (Å²) in [5.41, 5.74) is 1.63. The van der Waals surface area contributed by atoms with E-state index < -0.39 is 0 Å². The van der Waals surface area contributed by atoms with Crippen LogP contribution in [-0.4, -0.2) is 24.1 Å². The van der Waals surface area contributed by atoms with Crippen molar-refractivity contribution in [3.63, 3.8) is 0 Å². The lowest BCUT2D eigenvalue weighted by atomic mass is 9.84. The van der Waals surface area contributed by atoms with Crippen LogP contribution in [0.25, 0.3) is 0 Å². The predicted molar refractivity (Wildman–Crippen MR) is 71.2 cm³/mol. The topological polar surface area (TPSA) is 43.4 Å². The molecule has 1 atom stereocenters. The quantitative estimate of drug-likeness (QED) is 0.622. The van der Waals surface area contributed by atoms with E-state index in [1.165, 1.54) is 11.8 Å². The number of esters is 1. The highest BCUT2D eigenvalue weighted by atomic mass is 32.2. The molecule has 1 aromatic rings. The van der Waals surface area contributed by atoms with Gasteiger partial charge in [0.15, 0.2) is 5.78 Å². The Morgan fingerprint density at radius 1 is 1.39 bits per heavy atom. The fourth-order valence-corrected chi connectivity index (χ4v) is 3.38. The molecule has 1 aliphatic rings. The van der Waals surface area contributed by atoms with E-state index in [2.05, 4.69) is 6.92 Å². The number of benzene rings is 1. The fraction of sp³-hybridized carbons (Fsp3) is 0.429. The molecule has 3 nitrogen and oxygen atoms in total. The summed E-state index contributed by atoms with van der Waals surface area (Å²) in [6.45, 7) is 5.41. The number of thioether (sulfide) groups is 1. The van der Waals surface area contributed by atoms with E-state index in [1.54, 1.807) is 18.7 Å². The van der Waals surface area contributed by atoms with Gasteiger partial charge in [0.25, 0.3) is 0 Å². The molecule has 0 aliphatic carbocycles. The Balaban J connectivity index is 2.32. The summed E-state index contributed by atoms with van der Waals surface area (Å²) >= 11 is 1.74. The van der Waals surface area contributed by atoms with E-state index in [9.17, 15) is 9.59 Å². The molecule has 0 amide bonds. The first-order valence-corrected chi connectivity index (χ1v) is 6.82. The number of fused-ring (bicyclic) bond motifs is 1. The fourth-order valence-electron chi connectivity index (χ4n) is 2.04. The molecule has 0 fully saturated rings. The van der Waals surface area contributed by atoms with E-state index in [0.29, 0.717) is 12.2 Å². The van der Waals surface area contributed by atoms with Crippen LogP contribution in [0, 0.1) is 0 Å². The summed E-state index contributed by atoms with van der Waals surface area (Å²) in [4.78, 5) is 23.6. The Labute approximate surface area is 111 Å². The lowest BCUT2D eigenvalue weighted by molar-refractivity contribution is -0.142. The second kappa shape index (κ2) is 4.76. The molecule has 96 valence electrons. The maximum Gasteiger partial charge on any atom is 0.302 e. The number of hydrogen-bond donors (Lipinski definition) is 0. The molecule has 0 radical (unpaired) electrons. The van der Waals surface area contributed by atoms with Crippen molar-refractivity contribution in [1.82, 2.24) is 0 Å². The molecule has 0 N–H and O–H groups in total. The van der Waals surface area contributed by atoms with Gasteiger partial charge in [0, 0.05) is 28.6 Å². The van der Waals surface area contributed by atoms with E-state index in [1.807, 2.05) is 18.2 Å². The van der Waals surface area contributed by atoms with Crippen molar-refractivity contribution < 1.29 is 14.3 Å². The second-order valence-electron chi connectivity index (χ2n) is 4.90. The Morgan fingerprint density at radius 2 is 2.11 bits per heavy atom. The van der Waals surface area contributed by atoms with Gasteiger partial charge in [-0.1, -0.05) is 13.0 Å². The lowest BCUT2D eigenvalue weighted by Gasteiger charge is -2.24. The number of Topliss-reactive ketones (excluding diaryl/α,β-unsaturated/α-hetero) is 1. The zero-order valence-corrected chi connectivity index (χ0v) is 11.6. The van der Waals surface area contributed by atoms with Crippen LogP contribution in [0.3, 0.4) is 0 Å². The van der Waals surface area contributed by atoms with Crippen molar-refractivity contribution >= 4 is 23.5 Å². The number of ether oxygens (including phenoxy) is 1. The van der Waals surface area contributed by atoms with E-state index in [-0.39, 0.29) is 17.2 Å². The molecule has 1 heterocycles. The van der Waals surface area contributed by atoms with Gasteiger partial charge in [0.05, 0.1) is 0 Å². The average molecular weight is 264 g/mol. The first kappa shape index (κ1) is 13.1. The molecule has 0 spiro atoms. The van der Waals surface area contributed by atoms with E-state index >= 15 is 0 Å². The SMILES string of the molecule is CC(=O)OCC1(C)CSc2ccc(C(C)=O)cc21. The molecule has 0 saturated carbocycles. The number of rotatable bonds is 3. The van der Waals surface area contributed by atoms with Gasteiger partial charge in [0.1, 0.15) is 6.61 Å². The molecule has 1 unspecified atom stereocenters. The summed E-state index contributed by atoms with van der Waals surface area (Å²) < 4.78 is 5.15. The monoisotopic (exact) mass is 264 g/mol. The molecule has 2 rings (SSSR count). The van der Waals surface area contributed by atoms with Crippen LogP contribution < -0.4 is 0 Å². The first-order chi connectivity index (χ1) is 8.42. The second-order valence-corrected chi connectivity index (χ2v) is 5.91. The molecular weight excluding hydrogens is 248 g/mol. The Morgan fingerprint density at radius 3 is 2.72 bits per heavy atom. The smallest absolute Gasteiger partial charge is 0.302 e.